The molecule has 29 heavy (non-hydrogen) atoms. The summed E-state index contributed by atoms with van der Waals surface area (Å²) in [5.74, 6) is -3.21. The topological polar surface area (TPSA) is 130 Å². The van der Waals surface area contributed by atoms with Crippen LogP contribution in [0.5, 0.6) is 0 Å². The Kier molecular flexibility index (Phi) is 9.63. The highest BCUT2D eigenvalue weighted by Crippen LogP contribution is 2.33. The zero-order chi connectivity index (χ0) is 22.4. The lowest BCUT2D eigenvalue weighted by Crippen LogP contribution is -2.63. The van der Waals surface area contributed by atoms with Crippen LogP contribution in [0.15, 0.2) is 12.7 Å². The second-order valence-corrected chi connectivity index (χ2v) is 7.94. The van der Waals surface area contributed by atoms with Crippen molar-refractivity contribution in [1.82, 2.24) is 0 Å². The van der Waals surface area contributed by atoms with Gasteiger partial charge in [-0.2, -0.15) is 0 Å². The molecule has 1 aliphatic heterocycles. The first-order valence-electron chi connectivity index (χ1n) is 8.08. The molecule has 1 rings (SSSR count). The molecular weight excluding hydrogens is 457 g/mol. The highest BCUT2D eigenvalue weighted by molar-refractivity contribution is 6.76. The molecule has 1 aliphatic rings. The number of hydrogen-bond acceptors (Lipinski definition) is 10. The number of hydrogen-bond donors (Lipinski definition) is 1. The van der Waals surface area contributed by atoms with E-state index in [0.29, 0.717) is 0 Å². The number of halogens is 3. The number of rotatable bonds is 7. The van der Waals surface area contributed by atoms with Crippen LogP contribution in [-0.2, 0) is 42.8 Å². The van der Waals surface area contributed by atoms with Crippen molar-refractivity contribution < 1.29 is 42.8 Å². The zero-order valence-electron chi connectivity index (χ0n) is 15.7. The molecule has 0 saturated carbocycles. The van der Waals surface area contributed by atoms with Crippen LogP contribution in [0.1, 0.15) is 20.8 Å². The minimum Gasteiger partial charge on any atom is -0.454 e. The lowest BCUT2D eigenvalue weighted by Gasteiger charge is -2.43. The predicted molar refractivity (Wildman–Crippen MR) is 101 cm³/mol. The Bertz CT molecular complexity index is 652. The van der Waals surface area contributed by atoms with E-state index in [1.54, 1.807) is 0 Å². The summed E-state index contributed by atoms with van der Waals surface area (Å²) in [5.41, 5.74) is 0. The summed E-state index contributed by atoms with van der Waals surface area (Å²) in [7, 11) is 0. The van der Waals surface area contributed by atoms with Crippen molar-refractivity contribution in [3.8, 4) is 0 Å². The lowest BCUT2D eigenvalue weighted by atomic mass is 10.0. The van der Waals surface area contributed by atoms with Gasteiger partial charge in [-0.15, -0.1) is 6.58 Å². The minimum absolute atomic E-state index is 0.0535. The Hall–Kier alpha value is -1.59. The second kappa shape index (κ2) is 11.0. The summed E-state index contributed by atoms with van der Waals surface area (Å²) >= 11 is 16.8. The van der Waals surface area contributed by atoms with Gasteiger partial charge in [0.15, 0.2) is 12.2 Å². The molecule has 0 amide bonds. The molecular formula is C16H20Cl3NO9. The van der Waals surface area contributed by atoms with E-state index in [9.17, 15) is 14.4 Å². The number of esters is 3. The molecule has 0 spiro atoms. The van der Waals surface area contributed by atoms with E-state index in [4.69, 9.17) is 68.6 Å². The third kappa shape index (κ3) is 7.98. The van der Waals surface area contributed by atoms with Gasteiger partial charge in [-0.25, -0.2) is 0 Å². The Labute approximate surface area is 181 Å². The van der Waals surface area contributed by atoms with Crippen molar-refractivity contribution in [2.45, 2.75) is 55.5 Å². The van der Waals surface area contributed by atoms with E-state index in [0.717, 1.165) is 20.8 Å². The van der Waals surface area contributed by atoms with Crippen LogP contribution in [0, 0.1) is 5.41 Å². The van der Waals surface area contributed by atoms with Gasteiger partial charge in [0.1, 0.15) is 0 Å². The van der Waals surface area contributed by atoms with Gasteiger partial charge in [0.25, 0.3) is 3.79 Å². The normalized spacial score (nSPS) is 26.8. The largest absolute Gasteiger partial charge is 0.454 e. The molecule has 10 nitrogen and oxygen atoms in total. The Morgan fingerprint density at radius 3 is 1.79 bits per heavy atom. The first kappa shape index (κ1) is 25.4. The number of ether oxygens (including phenoxy) is 6. The Morgan fingerprint density at radius 1 is 0.931 bits per heavy atom. The van der Waals surface area contributed by atoms with E-state index in [-0.39, 0.29) is 6.61 Å². The summed E-state index contributed by atoms with van der Waals surface area (Å²) in [6.45, 7) is 6.71. The van der Waals surface area contributed by atoms with Crippen molar-refractivity contribution in [1.29, 1.82) is 5.41 Å². The quantitative estimate of drug-likeness (QED) is 0.146. The molecule has 0 aromatic heterocycles. The maximum absolute atomic E-state index is 11.6. The SMILES string of the molecule is C=CCO[C@H]1O[C@@H](OC(=N)C(Cl)(Cl)Cl)[C@H](OC(C)=O)[C@@H](OC(C)=O)[C@H]1OC(C)=O. The van der Waals surface area contributed by atoms with Crippen molar-refractivity contribution in [3.63, 3.8) is 0 Å². The van der Waals surface area contributed by atoms with Gasteiger partial charge in [0.2, 0.25) is 24.6 Å². The molecule has 0 aliphatic carbocycles. The fraction of sp³-hybridized carbons (Fsp3) is 0.625. The molecule has 0 unspecified atom stereocenters. The molecule has 13 heteroatoms. The van der Waals surface area contributed by atoms with Crippen LogP contribution in [0.25, 0.3) is 0 Å². The average molecular weight is 477 g/mol. The van der Waals surface area contributed by atoms with Gasteiger partial charge in [0, 0.05) is 20.8 Å². The summed E-state index contributed by atoms with van der Waals surface area (Å²) in [4.78, 5) is 34.8. The Balaban J connectivity index is 3.35. The van der Waals surface area contributed by atoms with Crippen molar-refractivity contribution in [3.05, 3.63) is 12.7 Å². The summed E-state index contributed by atoms with van der Waals surface area (Å²) in [6, 6.07) is 0. The molecule has 1 fully saturated rings. The van der Waals surface area contributed by atoms with Crippen LogP contribution in [-0.4, -0.2) is 65.1 Å². The van der Waals surface area contributed by atoms with Crippen LogP contribution >= 0.6 is 34.8 Å². The van der Waals surface area contributed by atoms with Crippen LogP contribution in [0.3, 0.4) is 0 Å². The van der Waals surface area contributed by atoms with Crippen molar-refractivity contribution in [2.24, 2.45) is 0 Å². The van der Waals surface area contributed by atoms with Gasteiger partial charge in [-0.3, -0.25) is 19.8 Å². The highest BCUT2D eigenvalue weighted by atomic mass is 35.6. The standard InChI is InChI=1S/C16H20Cl3NO9/c1-5-6-24-13-11(26-8(3)22)10(25-7(2)21)12(27-9(4)23)14(28-13)29-15(20)16(17,18)19/h5,10-14,20H,1,6H2,2-4H3/t10-,11+,12+,13-,14-/m0/s1. The Morgan fingerprint density at radius 2 is 1.38 bits per heavy atom. The first-order valence-corrected chi connectivity index (χ1v) is 9.22. The molecule has 0 aromatic carbocycles. The van der Waals surface area contributed by atoms with E-state index in [2.05, 4.69) is 6.58 Å². The van der Waals surface area contributed by atoms with Gasteiger partial charge in [0.05, 0.1) is 6.61 Å². The molecule has 0 bridgehead atoms. The average Bonchev–Trinajstić information content (AvgIpc) is 2.56. The van der Waals surface area contributed by atoms with Crippen LogP contribution in [0.2, 0.25) is 0 Å². The van der Waals surface area contributed by atoms with Gasteiger partial charge in [-0.05, 0) is 0 Å². The van der Waals surface area contributed by atoms with Gasteiger partial charge < -0.3 is 28.4 Å². The monoisotopic (exact) mass is 475 g/mol. The molecule has 164 valence electrons. The molecule has 5 atom stereocenters. The summed E-state index contributed by atoms with van der Waals surface area (Å²) < 4.78 is 29.4. The third-order valence-electron chi connectivity index (χ3n) is 3.23. The van der Waals surface area contributed by atoms with Crippen molar-refractivity contribution in [2.75, 3.05) is 6.61 Å². The molecule has 1 saturated heterocycles. The summed E-state index contributed by atoms with van der Waals surface area (Å²) in [5, 5.41) is 7.73. The van der Waals surface area contributed by atoms with E-state index in [1.807, 2.05) is 0 Å². The van der Waals surface area contributed by atoms with Gasteiger partial charge >= 0.3 is 17.9 Å². The predicted octanol–water partition coefficient (Wildman–Crippen LogP) is 2.03. The smallest absolute Gasteiger partial charge is 0.303 e. The van der Waals surface area contributed by atoms with Crippen LogP contribution < -0.4 is 0 Å². The van der Waals surface area contributed by atoms with Gasteiger partial charge in [-0.1, -0.05) is 40.9 Å². The third-order valence-corrected chi connectivity index (χ3v) is 3.74. The number of carbonyl (C=O) groups is 3. The lowest BCUT2D eigenvalue weighted by molar-refractivity contribution is -0.337. The van der Waals surface area contributed by atoms with E-state index in [1.165, 1.54) is 6.08 Å². The van der Waals surface area contributed by atoms with Crippen molar-refractivity contribution >= 4 is 58.6 Å². The fourth-order valence-electron chi connectivity index (χ4n) is 2.31. The second-order valence-electron chi connectivity index (χ2n) is 5.66. The first-order chi connectivity index (χ1) is 13.4. The van der Waals surface area contributed by atoms with E-state index < -0.39 is 58.5 Å². The zero-order valence-corrected chi connectivity index (χ0v) is 18.0. The number of alkyl halides is 3. The fourth-order valence-corrected chi connectivity index (χ4v) is 2.45. The van der Waals surface area contributed by atoms with Crippen LogP contribution in [0.4, 0.5) is 0 Å². The number of carbonyl (C=O) groups excluding carboxylic acids is 3. The van der Waals surface area contributed by atoms with E-state index >= 15 is 0 Å². The molecule has 0 aromatic rings. The molecule has 1 heterocycles. The minimum atomic E-state index is -2.26. The highest BCUT2D eigenvalue weighted by Gasteiger charge is 2.54. The maximum Gasteiger partial charge on any atom is 0.303 e. The maximum atomic E-state index is 11.6. The summed E-state index contributed by atoms with van der Waals surface area (Å²) in [6.07, 6.45) is -5.84. The molecule has 1 N–H and O–H groups in total. The molecule has 0 radical (unpaired) electrons. The number of nitrogens with one attached hydrogen (secondary N) is 1.